The first-order valence-electron chi connectivity index (χ1n) is 7.30. The molecule has 3 aromatic rings. The van der Waals surface area contributed by atoms with Crippen LogP contribution in [0.3, 0.4) is 0 Å². The number of nitrogens with one attached hydrogen (secondary N) is 1. The Kier molecular flexibility index (Phi) is 5.15. The molecule has 1 N–H and O–H groups in total. The Hall–Kier alpha value is -3.06. The van der Waals surface area contributed by atoms with Gasteiger partial charge in [0.1, 0.15) is 11.5 Å². The summed E-state index contributed by atoms with van der Waals surface area (Å²) in [5, 5.41) is 10.8. The number of aromatic nitrogens is 2. The summed E-state index contributed by atoms with van der Waals surface area (Å²) in [5.74, 6) is 1.12. The smallest absolute Gasteiger partial charge is 0.322 e. The fourth-order valence-corrected chi connectivity index (χ4v) is 2.09. The summed E-state index contributed by atoms with van der Waals surface area (Å²) in [6.07, 6.45) is 0. The van der Waals surface area contributed by atoms with Gasteiger partial charge in [-0.1, -0.05) is 16.7 Å². The molecule has 3 rings (SSSR count). The number of halogens is 1. The number of hydrogen-bond acceptors (Lipinski definition) is 6. The molecule has 0 aliphatic carbocycles. The third-order valence-corrected chi connectivity index (χ3v) is 3.44. The molecule has 0 saturated carbocycles. The molecule has 0 saturated heterocycles. The maximum Gasteiger partial charge on any atom is 0.322 e. The van der Waals surface area contributed by atoms with Crippen molar-refractivity contribution in [3.8, 4) is 23.0 Å². The summed E-state index contributed by atoms with van der Waals surface area (Å²) in [6.45, 7) is -0.193. The Labute approximate surface area is 148 Å². The third-order valence-electron chi connectivity index (χ3n) is 3.19. The topological polar surface area (TPSA) is 86.5 Å². The SMILES string of the molecule is COc1ccc(-c2nnc(NC(=O)COc3ccc(Cl)cc3)o2)cc1. The van der Waals surface area contributed by atoms with Crippen molar-refractivity contribution >= 4 is 23.5 Å². The van der Waals surface area contributed by atoms with Gasteiger partial charge in [0.2, 0.25) is 5.89 Å². The van der Waals surface area contributed by atoms with Gasteiger partial charge in [-0.2, -0.15) is 0 Å². The second-order valence-electron chi connectivity index (χ2n) is 4.93. The summed E-state index contributed by atoms with van der Waals surface area (Å²) in [5.41, 5.74) is 0.714. The first-order valence-corrected chi connectivity index (χ1v) is 7.68. The minimum atomic E-state index is -0.417. The number of anilines is 1. The average molecular weight is 360 g/mol. The van der Waals surface area contributed by atoms with Crippen LogP contribution < -0.4 is 14.8 Å². The molecule has 8 heteroatoms. The molecule has 0 fully saturated rings. The molecule has 0 bridgehead atoms. The van der Waals surface area contributed by atoms with Crippen molar-refractivity contribution in [1.82, 2.24) is 10.2 Å². The molecule has 0 spiro atoms. The van der Waals surface area contributed by atoms with Crippen LogP contribution in [0.4, 0.5) is 6.01 Å². The van der Waals surface area contributed by atoms with Crippen molar-refractivity contribution in [3.05, 3.63) is 53.6 Å². The van der Waals surface area contributed by atoms with Crippen molar-refractivity contribution in [2.24, 2.45) is 0 Å². The molecular weight excluding hydrogens is 346 g/mol. The Morgan fingerprint density at radius 2 is 1.76 bits per heavy atom. The van der Waals surface area contributed by atoms with Crippen molar-refractivity contribution in [2.45, 2.75) is 0 Å². The van der Waals surface area contributed by atoms with Gasteiger partial charge in [-0.25, -0.2) is 0 Å². The quantitative estimate of drug-likeness (QED) is 0.725. The highest BCUT2D eigenvalue weighted by Gasteiger charge is 2.12. The monoisotopic (exact) mass is 359 g/mol. The van der Waals surface area contributed by atoms with E-state index < -0.39 is 5.91 Å². The summed E-state index contributed by atoms with van der Waals surface area (Å²) in [4.78, 5) is 11.9. The first-order chi connectivity index (χ1) is 12.1. The zero-order chi connectivity index (χ0) is 17.6. The van der Waals surface area contributed by atoms with E-state index >= 15 is 0 Å². The molecule has 0 aliphatic rings. The molecule has 0 atom stereocenters. The molecule has 2 aromatic carbocycles. The van der Waals surface area contributed by atoms with Crippen LogP contribution in [0.15, 0.2) is 52.9 Å². The highest BCUT2D eigenvalue weighted by atomic mass is 35.5. The lowest BCUT2D eigenvalue weighted by atomic mass is 10.2. The average Bonchev–Trinajstić information content (AvgIpc) is 3.10. The van der Waals surface area contributed by atoms with E-state index in [0.717, 1.165) is 5.75 Å². The number of rotatable bonds is 6. The van der Waals surface area contributed by atoms with E-state index in [1.165, 1.54) is 0 Å². The number of amides is 1. The van der Waals surface area contributed by atoms with E-state index in [0.29, 0.717) is 16.3 Å². The zero-order valence-corrected chi connectivity index (χ0v) is 14.0. The number of benzene rings is 2. The van der Waals surface area contributed by atoms with E-state index in [4.69, 9.17) is 25.5 Å². The lowest BCUT2D eigenvalue weighted by Gasteiger charge is -2.05. The lowest BCUT2D eigenvalue weighted by molar-refractivity contribution is -0.118. The predicted molar refractivity (Wildman–Crippen MR) is 91.9 cm³/mol. The van der Waals surface area contributed by atoms with Crippen LogP contribution in [0.2, 0.25) is 5.02 Å². The second-order valence-corrected chi connectivity index (χ2v) is 5.37. The van der Waals surface area contributed by atoms with Gasteiger partial charge in [0.25, 0.3) is 5.91 Å². The molecule has 1 heterocycles. The molecule has 25 heavy (non-hydrogen) atoms. The molecule has 7 nitrogen and oxygen atoms in total. The molecule has 0 radical (unpaired) electrons. The number of carbonyl (C=O) groups excluding carboxylic acids is 1. The minimum Gasteiger partial charge on any atom is -0.497 e. The highest BCUT2D eigenvalue weighted by molar-refractivity contribution is 6.30. The van der Waals surface area contributed by atoms with Crippen LogP contribution in [0.5, 0.6) is 11.5 Å². The summed E-state index contributed by atoms with van der Waals surface area (Å²) in [7, 11) is 1.58. The van der Waals surface area contributed by atoms with E-state index in [1.54, 1.807) is 55.6 Å². The third kappa shape index (κ3) is 4.48. The van der Waals surface area contributed by atoms with Gasteiger partial charge in [0.15, 0.2) is 6.61 Å². The van der Waals surface area contributed by atoms with Crippen LogP contribution in [-0.4, -0.2) is 29.8 Å². The van der Waals surface area contributed by atoms with Crippen LogP contribution in [-0.2, 0) is 4.79 Å². The lowest BCUT2D eigenvalue weighted by Crippen LogP contribution is -2.20. The van der Waals surface area contributed by atoms with Gasteiger partial charge in [-0.3, -0.25) is 10.1 Å². The molecule has 1 aromatic heterocycles. The van der Waals surface area contributed by atoms with Gasteiger partial charge in [-0.15, -0.1) is 5.10 Å². The Bertz CT molecular complexity index is 847. The summed E-state index contributed by atoms with van der Waals surface area (Å²) >= 11 is 5.78. The van der Waals surface area contributed by atoms with Crippen LogP contribution in [0, 0.1) is 0 Å². The first kappa shape index (κ1) is 16.8. The molecule has 128 valence electrons. The largest absolute Gasteiger partial charge is 0.497 e. The molecule has 1 amide bonds. The maximum atomic E-state index is 11.9. The van der Waals surface area contributed by atoms with Crippen molar-refractivity contribution in [2.75, 3.05) is 19.0 Å². The minimum absolute atomic E-state index is 0.00414. The van der Waals surface area contributed by atoms with E-state index in [-0.39, 0.29) is 18.5 Å². The molecule has 0 unspecified atom stereocenters. The number of carbonyl (C=O) groups is 1. The number of ether oxygens (including phenoxy) is 2. The Morgan fingerprint density at radius 3 is 2.44 bits per heavy atom. The van der Waals surface area contributed by atoms with Crippen LogP contribution >= 0.6 is 11.6 Å². The number of methoxy groups -OCH3 is 1. The number of nitrogens with zero attached hydrogens (tertiary/aromatic N) is 2. The van der Waals surface area contributed by atoms with Gasteiger partial charge in [-0.05, 0) is 48.5 Å². The second kappa shape index (κ2) is 7.67. The fraction of sp³-hybridized carbons (Fsp3) is 0.118. The van der Waals surface area contributed by atoms with Crippen LogP contribution in [0.25, 0.3) is 11.5 Å². The zero-order valence-electron chi connectivity index (χ0n) is 13.2. The van der Waals surface area contributed by atoms with Gasteiger partial charge < -0.3 is 13.9 Å². The Balaban J connectivity index is 1.56. The molecule has 0 aliphatic heterocycles. The standard InChI is InChI=1S/C17H14ClN3O4/c1-23-13-6-2-11(3-7-13)16-20-21-17(25-16)19-15(22)10-24-14-8-4-12(18)5-9-14/h2-9H,10H2,1H3,(H,19,21,22). The van der Waals surface area contributed by atoms with E-state index in [1.807, 2.05) is 0 Å². The predicted octanol–water partition coefficient (Wildman–Crippen LogP) is 3.42. The normalized spacial score (nSPS) is 10.3. The molecular formula is C17H14ClN3O4. The van der Waals surface area contributed by atoms with Gasteiger partial charge in [0.05, 0.1) is 7.11 Å². The highest BCUT2D eigenvalue weighted by Crippen LogP contribution is 2.22. The van der Waals surface area contributed by atoms with Crippen LogP contribution in [0.1, 0.15) is 0 Å². The Morgan fingerprint density at radius 1 is 1.08 bits per heavy atom. The summed E-state index contributed by atoms with van der Waals surface area (Å²) in [6, 6.07) is 13.8. The van der Waals surface area contributed by atoms with Gasteiger partial charge >= 0.3 is 6.01 Å². The van der Waals surface area contributed by atoms with Crippen molar-refractivity contribution in [3.63, 3.8) is 0 Å². The number of hydrogen-bond donors (Lipinski definition) is 1. The summed E-state index contributed by atoms with van der Waals surface area (Å²) < 4.78 is 15.8. The van der Waals surface area contributed by atoms with Gasteiger partial charge in [0, 0.05) is 10.6 Å². The maximum absolute atomic E-state index is 11.9. The van der Waals surface area contributed by atoms with Crippen molar-refractivity contribution in [1.29, 1.82) is 0 Å². The van der Waals surface area contributed by atoms with E-state index in [2.05, 4.69) is 15.5 Å². The van der Waals surface area contributed by atoms with Crippen molar-refractivity contribution < 1.29 is 18.7 Å². The van der Waals surface area contributed by atoms with E-state index in [9.17, 15) is 4.79 Å². The fourth-order valence-electron chi connectivity index (χ4n) is 1.96.